The first-order valence-corrected chi connectivity index (χ1v) is 11.1. The van der Waals surface area contributed by atoms with Crippen LogP contribution in [0.3, 0.4) is 0 Å². The molecule has 0 radical (unpaired) electrons. The average Bonchev–Trinajstić information content (AvgIpc) is 3.21. The Morgan fingerprint density at radius 2 is 1.71 bits per heavy atom. The fourth-order valence-corrected chi connectivity index (χ4v) is 4.42. The van der Waals surface area contributed by atoms with Crippen molar-refractivity contribution in [3.05, 3.63) is 47.5 Å². The van der Waals surface area contributed by atoms with Gasteiger partial charge in [-0.1, -0.05) is 18.2 Å². The number of hydrogen-bond donors (Lipinski definition) is 1. The van der Waals surface area contributed by atoms with Gasteiger partial charge in [0, 0.05) is 30.9 Å². The van der Waals surface area contributed by atoms with Crippen LogP contribution in [0.5, 0.6) is 0 Å². The first kappa shape index (κ1) is 22.2. The van der Waals surface area contributed by atoms with Gasteiger partial charge in [-0.05, 0) is 75.4 Å². The molecule has 0 aliphatic carbocycles. The molecule has 1 aliphatic rings. The van der Waals surface area contributed by atoms with Gasteiger partial charge in [-0.3, -0.25) is 0 Å². The molecule has 0 saturated carbocycles. The van der Waals surface area contributed by atoms with E-state index >= 15 is 0 Å². The Hall–Kier alpha value is -1.97. The van der Waals surface area contributed by atoms with Crippen LogP contribution in [0, 0.1) is 6.92 Å². The van der Waals surface area contributed by atoms with E-state index in [1.54, 1.807) is 14.2 Å². The molecule has 2 heterocycles. The van der Waals surface area contributed by atoms with Gasteiger partial charge in [0.1, 0.15) is 0 Å². The normalized spacial score (nSPS) is 17.6. The van der Waals surface area contributed by atoms with E-state index in [-0.39, 0.29) is 11.2 Å². The molecule has 2 aromatic carbocycles. The van der Waals surface area contributed by atoms with Crippen molar-refractivity contribution >= 4 is 45.7 Å². The highest BCUT2D eigenvalue weighted by atomic mass is 32.1. The number of methoxy groups -OCH3 is 2. The standard InChI is InChI=1S/C23H29BN2O4S/c1-14-17(24-29-22(2,3)23(4,5)30-24)9-8-10-18(14)25-20-16-13-15(21(27-6)28-7)11-12-19(16)31-26-20/h8-13,21H,1-7H3,(H,25,26). The molecule has 1 N–H and O–H groups in total. The van der Waals surface area contributed by atoms with Crippen molar-refractivity contribution in [2.75, 3.05) is 19.5 Å². The number of benzene rings is 2. The maximum absolute atomic E-state index is 6.27. The van der Waals surface area contributed by atoms with Crippen LogP contribution in [-0.4, -0.2) is 36.9 Å². The summed E-state index contributed by atoms with van der Waals surface area (Å²) in [6.45, 7) is 10.3. The minimum absolute atomic E-state index is 0.381. The molecule has 1 saturated heterocycles. The van der Waals surface area contributed by atoms with Crippen molar-refractivity contribution in [2.45, 2.75) is 52.1 Å². The average molecular weight is 440 g/mol. The monoisotopic (exact) mass is 440 g/mol. The van der Waals surface area contributed by atoms with E-state index in [1.807, 2.05) is 24.3 Å². The lowest BCUT2D eigenvalue weighted by atomic mass is 9.76. The Balaban J connectivity index is 1.66. The first-order valence-electron chi connectivity index (χ1n) is 10.3. The van der Waals surface area contributed by atoms with E-state index in [9.17, 15) is 0 Å². The molecule has 4 rings (SSSR count). The SMILES string of the molecule is COC(OC)c1ccc2snc(Nc3cccc(B4OC(C)(C)C(C)(C)O4)c3C)c2c1. The highest BCUT2D eigenvalue weighted by Crippen LogP contribution is 2.37. The summed E-state index contributed by atoms with van der Waals surface area (Å²) in [7, 11) is 2.86. The zero-order valence-corrected chi connectivity index (χ0v) is 19.9. The third-order valence-electron chi connectivity index (χ3n) is 6.33. The second kappa shape index (κ2) is 8.18. The molecule has 1 aromatic heterocycles. The van der Waals surface area contributed by atoms with Gasteiger partial charge in [0.25, 0.3) is 0 Å². The fraction of sp³-hybridized carbons (Fsp3) is 0.435. The zero-order valence-electron chi connectivity index (χ0n) is 19.1. The third-order valence-corrected chi connectivity index (χ3v) is 7.16. The molecule has 164 valence electrons. The Morgan fingerprint density at radius 3 is 2.35 bits per heavy atom. The highest BCUT2D eigenvalue weighted by molar-refractivity contribution is 7.13. The second-order valence-corrected chi connectivity index (χ2v) is 9.63. The van der Waals surface area contributed by atoms with Crippen LogP contribution in [-0.2, 0) is 18.8 Å². The molecular weight excluding hydrogens is 411 g/mol. The Labute approximate surface area is 188 Å². The highest BCUT2D eigenvalue weighted by Gasteiger charge is 2.52. The lowest BCUT2D eigenvalue weighted by Gasteiger charge is -2.32. The van der Waals surface area contributed by atoms with Crippen LogP contribution in [0.2, 0.25) is 0 Å². The molecule has 31 heavy (non-hydrogen) atoms. The van der Waals surface area contributed by atoms with Crippen molar-refractivity contribution in [2.24, 2.45) is 0 Å². The van der Waals surface area contributed by atoms with Crippen LogP contribution in [0.1, 0.15) is 45.1 Å². The summed E-state index contributed by atoms with van der Waals surface area (Å²) >= 11 is 1.46. The van der Waals surface area contributed by atoms with Crippen molar-refractivity contribution in [3.8, 4) is 0 Å². The number of anilines is 2. The van der Waals surface area contributed by atoms with E-state index in [0.29, 0.717) is 0 Å². The number of hydrogen-bond acceptors (Lipinski definition) is 7. The number of aromatic nitrogens is 1. The molecule has 0 unspecified atom stereocenters. The molecule has 1 fully saturated rings. The van der Waals surface area contributed by atoms with E-state index in [1.165, 1.54) is 11.5 Å². The lowest BCUT2D eigenvalue weighted by Crippen LogP contribution is -2.41. The summed E-state index contributed by atoms with van der Waals surface area (Å²) in [5.74, 6) is 0.807. The van der Waals surface area contributed by atoms with Gasteiger partial charge < -0.3 is 24.1 Å². The van der Waals surface area contributed by atoms with E-state index < -0.39 is 13.4 Å². The summed E-state index contributed by atoms with van der Waals surface area (Å²) in [6.07, 6.45) is -0.411. The Kier molecular flexibility index (Phi) is 5.87. The van der Waals surface area contributed by atoms with Gasteiger partial charge >= 0.3 is 7.12 Å². The smallest absolute Gasteiger partial charge is 0.399 e. The molecule has 0 atom stereocenters. The maximum atomic E-state index is 6.27. The number of nitrogens with zero attached hydrogens (tertiary/aromatic N) is 1. The van der Waals surface area contributed by atoms with E-state index in [4.69, 9.17) is 18.8 Å². The predicted molar refractivity (Wildman–Crippen MR) is 127 cm³/mol. The van der Waals surface area contributed by atoms with Crippen molar-refractivity contribution in [3.63, 3.8) is 0 Å². The van der Waals surface area contributed by atoms with Gasteiger partial charge in [0.05, 0.1) is 15.9 Å². The van der Waals surface area contributed by atoms with Gasteiger partial charge in [0.15, 0.2) is 12.1 Å². The minimum Gasteiger partial charge on any atom is -0.399 e. The van der Waals surface area contributed by atoms with Crippen LogP contribution < -0.4 is 10.8 Å². The molecule has 3 aromatic rings. The van der Waals surface area contributed by atoms with Gasteiger partial charge in [-0.25, -0.2) is 0 Å². The Bertz CT molecular complexity index is 1080. The predicted octanol–water partition coefficient (Wildman–Crippen LogP) is 4.94. The molecule has 6 nitrogen and oxygen atoms in total. The van der Waals surface area contributed by atoms with Crippen molar-refractivity contribution in [1.29, 1.82) is 0 Å². The van der Waals surface area contributed by atoms with Crippen LogP contribution in [0.4, 0.5) is 11.5 Å². The number of fused-ring (bicyclic) bond motifs is 1. The van der Waals surface area contributed by atoms with Crippen molar-refractivity contribution < 1.29 is 18.8 Å². The topological polar surface area (TPSA) is 61.8 Å². The second-order valence-electron chi connectivity index (χ2n) is 8.82. The Morgan fingerprint density at radius 1 is 1.03 bits per heavy atom. The van der Waals surface area contributed by atoms with E-state index in [0.717, 1.165) is 38.2 Å². The van der Waals surface area contributed by atoms with Gasteiger partial charge in [0.2, 0.25) is 0 Å². The van der Waals surface area contributed by atoms with E-state index in [2.05, 4.69) is 56.4 Å². The van der Waals surface area contributed by atoms with Crippen LogP contribution in [0.25, 0.3) is 10.1 Å². The summed E-state index contributed by atoms with van der Waals surface area (Å²) in [5, 5.41) is 4.54. The van der Waals surface area contributed by atoms with Gasteiger partial charge in [-0.2, -0.15) is 4.37 Å². The largest absolute Gasteiger partial charge is 0.495 e. The molecule has 0 bridgehead atoms. The number of rotatable bonds is 6. The summed E-state index contributed by atoms with van der Waals surface area (Å²) in [6, 6.07) is 12.2. The summed E-state index contributed by atoms with van der Waals surface area (Å²) in [4.78, 5) is 0. The van der Waals surface area contributed by atoms with Crippen LogP contribution in [0.15, 0.2) is 36.4 Å². The summed E-state index contributed by atoms with van der Waals surface area (Å²) in [5.41, 5.74) is 3.25. The zero-order chi connectivity index (χ0) is 22.4. The van der Waals surface area contributed by atoms with Gasteiger partial charge in [-0.15, -0.1) is 0 Å². The van der Waals surface area contributed by atoms with Crippen molar-refractivity contribution in [1.82, 2.24) is 4.37 Å². The summed E-state index contributed by atoms with van der Waals surface area (Å²) < 4.78 is 29.1. The molecular formula is C23H29BN2O4S. The maximum Gasteiger partial charge on any atom is 0.495 e. The number of ether oxygens (including phenoxy) is 2. The lowest BCUT2D eigenvalue weighted by molar-refractivity contribution is -0.105. The first-order chi connectivity index (χ1) is 14.7. The van der Waals surface area contributed by atoms with Crippen LogP contribution >= 0.6 is 11.5 Å². The quantitative estimate of drug-likeness (QED) is 0.433. The molecule has 1 aliphatic heterocycles. The third kappa shape index (κ3) is 3.99. The molecule has 0 amide bonds. The fourth-order valence-electron chi connectivity index (χ4n) is 3.70. The number of nitrogens with one attached hydrogen (secondary N) is 1. The molecule has 8 heteroatoms. The molecule has 0 spiro atoms. The minimum atomic E-state index is -0.411.